The molecule has 3 unspecified atom stereocenters. The van der Waals surface area contributed by atoms with E-state index in [1.165, 1.54) is 0 Å². The Morgan fingerprint density at radius 1 is 1.14 bits per heavy atom. The molecule has 1 aromatic carbocycles. The molecule has 1 fully saturated rings. The number of hydrogen-bond donors (Lipinski definition) is 2. The summed E-state index contributed by atoms with van der Waals surface area (Å²) in [4.78, 5) is 26.6. The maximum Gasteiger partial charge on any atom is 0.319 e. The Balaban J connectivity index is 2.43. The number of esters is 1. The van der Waals surface area contributed by atoms with Crippen molar-refractivity contribution in [1.82, 2.24) is 0 Å². The molecule has 0 aromatic heterocycles. The lowest BCUT2D eigenvalue weighted by Crippen LogP contribution is -2.42. The van der Waals surface area contributed by atoms with E-state index in [-0.39, 0.29) is 25.4 Å². The van der Waals surface area contributed by atoms with Gasteiger partial charge in [0.05, 0.1) is 19.8 Å². The Bertz CT molecular complexity index is 662. The molecule has 0 heterocycles. The van der Waals surface area contributed by atoms with E-state index in [1.807, 2.05) is 19.1 Å². The standard InChI is InChI=1S/C23H34O6/c1-4-20(25)17(15-24)14-19(16-8-10-18(28-3)11-9-16)21(26)23(12-6-7-13-23)22(27)29-5-2/h8-11,17,19-20,24-25H,4-7,12-15H2,1-3H3. The Morgan fingerprint density at radius 3 is 2.24 bits per heavy atom. The molecule has 1 aliphatic rings. The first-order chi connectivity index (χ1) is 13.9. The van der Waals surface area contributed by atoms with E-state index in [0.717, 1.165) is 18.4 Å². The molecule has 0 aliphatic heterocycles. The van der Waals surface area contributed by atoms with E-state index < -0.39 is 29.3 Å². The van der Waals surface area contributed by atoms with Gasteiger partial charge in [0.2, 0.25) is 0 Å². The van der Waals surface area contributed by atoms with Crippen LogP contribution >= 0.6 is 0 Å². The fraction of sp³-hybridized carbons (Fsp3) is 0.652. The first-order valence-electron chi connectivity index (χ1n) is 10.6. The SMILES string of the molecule is CCOC(=O)C1(C(=O)C(CC(CO)C(O)CC)c2ccc(OC)cc2)CCCC1. The van der Waals surface area contributed by atoms with Gasteiger partial charge < -0.3 is 19.7 Å². The summed E-state index contributed by atoms with van der Waals surface area (Å²) in [6.45, 7) is 3.59. The van der Waals surface area contributed by atoms with Crippen LogP contribution in [0.25, 0.3) is 0 Å². The monoisotopic (exact) mass is 406 g/mol. The first kappa shape index (κ1) is 23.4. The van der Waals surface area contributed by atoms with Crippen molar-refractivity contribution in [3.63, 3.8) is 0 Å². The van der Waals surface area contributed by atoms with E-state index in [0.29, 0.717) is 25.0 Å². The number of Topliss-reactive ketones (excluding diaryl/α,β-unsaturated/α-hetero) is 1. The van der Waals surface area contributed by atoms with Crippen molar-refractivity contribution in [1.29, 1.82) is 0 Å². The lowest BCUT2D eigenvalue weighted by Gasteiger charge is -2.32. The molecule has 29 heavy (non-hydrogen) atoms. The zero-order chi connectivity index (χ0) is 21.4. The fourth-order valence-electron chi connectivity index (χ4n) is 4.35. The molecule has 2 rings (SSSR count). The molecule has 6 nitrogen and oxygen atoms in total. The predicted octanol–water partition coefficient (Wildman–Crippen LogP) is 3.24. The van der Waals surface area contributed by atoms with Crippen molar-refractivity contribution in [3.05, 3.63) is 29.8 Å². The Hall–Kier alpha value is -1.92. The lowest BCUT2D eigenvalue weighted by molar-refractivity contribution is -0.160. The highest BCUT2D eigenvalue weighted by Crippen LogP contribution is 2.45. The van der Waals surface area contributed by atoms with Gasteiger partial charge in [-0.05, 0) is 50.3 Å². The molecule has 1 aliphatic carbocycles. The Morgan fingerprint density at radius 2 is 1.76 bits per heavy atom. The highest BCUT2D eigenvalue weighted by Gasteiger charge is 2.51. The average molecular weight is 407 g/mol. The fourth-order valence-corrected chi connectivity index (χ4v) is 4.35. The molecule has 3 atom stereocenters. The van der Waals surface area contributed by atoms with Gasteiger partial charge in [-0.3, -0.25) is 9.59 Å². The minimum Gasteiger partial charge on any atom is -0.497 e. The van der Waals surface area contributed by atoms with Crippen molar-refractivity contribution in [2.24, 2.45) is 11.3 Å². The number of carbonyl (C=O) groups excluding carboxylic acids is 2. The van der Waals surface area contributed by atoms with E-state index in [4.69, 9.17) is 9.47 Å². The van der Waals surface area contributed by atoms with Gasteiger partial charge in [0.1, 0.15) is 11.2 Å². The van der Waals surface area contributed by atoms with Gasteiger partial charge in [-0.2, -0.15) is 0 Å². The Labute approximate surface area is 173 Å². The highest BCUT2D eigenvalue weighted by atomic mass is 16.5. The Kier molecular flexibility index (Phi) is 8.65. The highest BCUT2D eigenvalue weighted by molar-refractivity contribution is 6.07. The van der Waals surface area contributed by atoms with E-state index >= 15 is 0 Å². The van der Waals surface area contributed by atoms with Crippen LogP contribution in [0.3, 0.4) is 0 Å². The average Bonchev–Trinajstić information content (AvgIpc) is 3.25. The second-order valence-electron chi connectivity index (χ2n) is 7.85. The number of benzene rings is 1. The minimum absolute atomic E-state index is 0.166. The zero-order valence-electron chi connectivity index (χ0n) is 17.7. The number of ketones is 1. The molecule has 0 saturated heterocycles. The molecule has 162 valence electrons. The quantitative estimate of drug-likeness (QED) is 0.433. The smallest absolute Gasteiger partial charge is 0.319 e. The molecule has 0 amide bonds. The van der Waals surface area contributed by atoms with Gasteiger partial charge in [0.15, 0.2) is 5.78 Å². The summed E-state index contributed by atoms with van der Waals surface area (Å²) in [6, 6.07) is 7.21. The van der Waals surface area contributed by atoms with Gasteiger partial charge >= 0.3 is 5.97 Å². The lowest BCUT2D eigenvalue weighted by atomic mass is 9.71. The van der Waals surface area contributed by atoms with Crippen molar-refractivity contribution >= 4 is 11.8 Å². The van der Waals surface area contributed by atoms with Gasteiger partial charge in [-0.25, -0.2) is 0 Å². The summed E-state index contributed by atoms with van der Waals surface area (Å²) in [7, 11) is 1.57. The normalized spacial score (nSPS) is 18.7. The second kappa shape index (κ2) is 10.7. The number of hydrogen-bond acceptors (Lipinski definition) is 6. The van der Waals surface area contributed by atoms with E-state index in [2.05, 4.69) is 0 Å². The van der Waals surface area contributed by atoms with Crippen LogP contribution in [0.4, 0.5) is 0 Å². The van der Waals surface area contributed by atoms with Crippen molar-refractivity contribution in [2.45, 2.75) is 64.4 Å². The van der Waals surface area contributed by atoms with Crippen molar-refractivity contribution < 1.29 is 29.3 Å². The molecule has 0 radical (unpaired) electrons. The molecule has 1 aromatic rings. The maximum atomic E-state index is 13.8. The van der Waals surface area contributed by atoms with Crippen LogP contribution in [-0.4, -0.2) is 48.4 Å². The van der Waals surface area contributed by atoms with Crippen LogP contribution in [0.5, 0.6) is 5.75 Å². The summed E-state index contributed by atoms with van der Waals surface area (Å²) < 4.78 is 10.5. The minimum atomic E-state index is -1.14. The number of aliphatic hydroxyl groups excluding tert-OH is 2. The number of rotatable bonds is 11. The third-order valence-corrected chi connectivity index (χ3v) is 6.16. The van der Waals surface area contributed by atoms with Crippen molar-refractivity contribution in [2.75, 3.05) is 20.3 Å². The van der Waals surface area contributed by atoms with Crippen molar-refractivity contribution in [3.8, 4) is 5.75 Å². The predicted molar refractivity (Wildman–Crippen MR) is 110 cm³/mol. The molecule has 0 bridgehead atoms. The van der Waals surface area contributed by atoms with Crippen LogP contribution in [0, 0.1) is 11.3 Å². The number of aliphatic hydroxyl groups is 2. The number of methoxy groups -OCH3 is 1. The first-order valence-corrected chi connectivity index (χ1v) is 10.6. The van der Waals surface area contributed by atoms with Crippen LogP contribution < -0.4 is 4.74 Å². The molecule has 6 heteroatoms. The van der Waals surface area contributed by atoms with E-state index in [1.54, 1.807) is 26.2 Å². The van der Waals surface area contributed by atoms with Gasteiger partial charge in [0, 0.05) is 18.4 Å². The van der Waals surface area contributed by atoms with Gasteiger partial charge in [0.25, 0.3) is 0 Å². The summed E-state index contributed by atoms with van der Waals surface area (Å²) in [5.74, 6) is -0.996. The molecule has 1 saturated carbocycles. The summed E-state index contributed by atoms with van der Waals surface area (Å²) >= 11 is 0. The van der Waals surface area contributed by atoms with E-state index in [9.17, 15) is 19.8 Å². The van der Waals surface area contributed by atoms with Crippen LogP contribution in [0.15, 0.2) is 24.3 Å². The third kappa shape index (κ3) is 5.17. The summed E-state index contributed by atoms with van der Waals surface area (Å²) in [5.41, 5.74) is -0.384. The van der Waals surface area contributed by atoms with Gasteiger partial charge in [-0.1, -0.05) is 31.9 Å². The molecule has 2 N–H and O–H groups in total. The summed E-state index contributed by atoms with van der Waals surface area (Å²) in [5, 5.41) is 20.1. The van der Waals surface area contributed by atoms with Gasteiger partial charge in [-0.15, -0.1) is 0 Å². The third-order valence-electron chi connectivity index (χ3n) is 6.16. The number of carbonyl (C=O) groups is 2. The maximum absolute atomic E-state index is 13.8. The van der Waals surface area contributed by atoms with Crippen LogP contribution in [0.2, 0.25) is 0 Å². The molecular formula is C23H34O6. The summed E-state index contributed by atoms with van der Waals surface area (Å²) in [6.07, 6.45) is 2.63. The van der Waals surface area contributed by atoms with Crippen LogP contribution in [0.1, 0.15) is 63.9 Å². The molecular weight excluding hydrogens is 372 g/mol. The topological polar surface area (TPSA) is 93.1 Å². The largest absolute Gasteiger partial charge is 0.497 e. The van der Waals surface area contributed by atoms with Crippen LogP contribution in [-0.2, 0) is 14.3 Å². The zero-order valence-corrected chi connectivity index (χ0v) is 17.7. The molecule has 0 spiro atoms. The second-order valence-corrected chi connectivity index (χ2v) is 7.85. The number of ether oxygens (including phenoxy) is 2.